The van der Waals surface area contributed by atoms with Crippen LogP contribution in [0.2, 0.25) is 0 Å². The molecule has 0 amide bonds. The number of aliphatic hydroxyl groups is 4. The first-order valence-corrected chi connectivity index (χ1v) is 4.84. The van der Waals surface area contributed by atoms with Crippen molar-refractivity contribution < 1.29 is 49.0 Å². The molecule has 0 aliphatic heterocycles. The lowest BCUT2D eigenvalue weighted by molar-refractivity contribution is -0.0675. The van der Waals surface area contributed by atoms with E-state index in [9.17, 15) is 18.4 Å². The molecule has 0 heterocycles. The van der Waals surface area contributed by atoms with Crippen LogP contribution in [-0.2, 0) is 0 Å². The minimum absolute atomic E-state index is 1.47. The predicted molar refractivity (Wildman–Crippen MR) is 54.6 cm³/mol. The van der Waals surface area contributed by atoms with Crippen LogP contribution in [0.3, 0.4) is 0 Å². The zero-order chi connectivity index (χ0) is 15.8. The second-order valence-electron chi connectivity index (χ2n) is 3.56. The highest BCUT2D eigenvalue weighted by Crippen LogP contribution is 2.33. The first-order valence-electron chi connectivity index (χ1n) is 4.84. The van der Waals surface area contributed by atoms with Gasteiger partial charge in [-0.2, -0.15) is 0 Å². The van der Waals surface area contributed by atoms with Crippen molar-refractivity contribution in [3.8, 4) is 0 Å². The van der Waals surface area contributed by atoms with Crippen molar-refractivity contribution in [2.75, 3.05) is 0 Å². The molecule has 0 unspecified atom stereocenters. The van der Waals surface area contributed by atoms with E-state index < -0.39 is 58.4 Å². The molecular formula is C10H8F2O8. The van der Waals surface area contributed by atoms with Crippen LogP contribution >= 0.6 is 0 Å². The summed E-state index contributed by atoms with van der Waals surface area (Å²) in [5.74, 6) is -8.34. The number of halogens is 2. The first-order chi connectivity index (χ1) is 9.11. The van der Waals surface area contributed by atoms with Crippen LogP contribution in [0, 0.1) is 11.6 Å². The van der Waals surface area contributed by atoms with Crippen LogP contribution in [0.15, 0.2) is 0 Å². The molecule has 10 heteroatoms. The molecule has 6 N–H and O–H groups in total. The zero-order valence-electron chi connectivity index (χ0n) is 9.41. The van der Waals surface area contributed by atoms with Crippen LogP contribution < -0.4 is 0 Å². The maximum absolute atomic E-state index is 13.8. The van der Waals surface area contributed by atoms with Crippen molar-refractivity contribution in [2.45, 2.75) is 12.6 Å². The Morgan fingerprint density at radius 2 is 1.00 bits per heavy atom. The molecule has 0 aliphatic rings. The summed E-state index contributed by atoms with van der Waals surface area (Å²) in [4.78, 5) is 21.6. The summed E-state index contributed by atoms with van der Waals surface area (Å²) in [7, 11) is 0. The highest BCUT2D eigenvalue weighted by molar-refractivity contribution is 6.02. The topological polar surface area (TPSA) is 156 Å². The minimum atomic E-state index is -2.79. The van der Waals surface area contributed by atoms with Crippen LogP contribution in [0.1, 0.15) is 44.4 Å². The van der Waals surface area contributed by atoms with E-state index in [0.717, 1.165) is 0 Å². The molecule has 0 radical (unpaired) electrons. The maximum atomic E-state index is 13.8. The smallest absolute Gasteiger partial charge is 0.339 e. The van der Waals surface area contributed by atoms with Gasteiger partial charge in [0.1, 0.15) is 22.8 Å². The summed E-state index contributed by atoms with van der Waals surface area (Å²) < 4.78 is 27.7. The lowest BCUT2D eigenvalue weighted by atomic mass is 9.95. The second-order valence-corrected chi connectivity index (χ2v) is 3.56. The lowest BCUT2D eigenvalue weighted by Gasteiger charge is -2.18. The van der Waals surface area contributed by atoms with Crippen molar-refractivity contribution >= 4 is 11.9 Å². The Labute approximate surface area is 108 Å². The molecule has 0 aliphatic carbocycles. The molecule has 20 heavy (non-hydrogen) atoms. The average molecular weight is 294 g/mol. The molecule has 0 fully saturated rings. The molecule has 1 aromatic carbocycles. The van der Waals surface area contributed by atoms with Crippen molar-refractivity contribution in [3.63, 3.8) is 0 Å². The van der Waals surface area contributed by atoms with Gasteiger partial charge in [0.2, 0.25) is 0 Å². The summed E-state index contributed by atoms with van der Waals surface area (Å²) in [6.45, 7) is 0. The number of carboxylic acids is 2. The summed E-state index contributed by atoms with van der Waals surface area (Å²) in [5.41, 5.74) is -6.27. The van der Waals surface area contributed by atoms with Crippen LogP contribution in [-0.4, -0.2) is 42.6 Å². The highest BCUT2D eigenvalue weighted by atomic mass is 19.1. The Bertz CT molecular complexity index is 530. The van der Waals surface area contributed by atoms with Crippen molar-refractivity contribution in [1.82, 2.24) is 0 Å². The number of carbonyl (C=O) groups is 2. The van der Waals surface area contributed by atoms with Gasteiger partial charge in [0.25, 0.3) is 0 Å². The Morgan fingerprint density at radius 1 is 0.750 bits per heavy atom. The molecule has 8 nitrogen and oxygen atoms in total. The molecule has 0 saturated heterocycles. The summed E-state index contributed by atoms with van der Waals surface area (Å²) >= 11 is 0. The Kier molecular flexibility index (Phi) is 4.35. The standard InChI is InChI=1S/C10H8F2O8/c11-5-1(7(13)14)2(8(15)16)6(12)4(10(19)20)3(5)9(17)18/h7-8,13-16H,(H,17,18)(H,19,20). The fourth-order valence-corrected chi connectivity index (χ4v) is 1.63. The fraction of sp³-hybridized carbons (Fsp3) is 0.200. The number of benzene rings is 1. The zero-order valence-corrected chi connectivity index (χ0v) is 9.41. The minimum Gasteiger partial charge on any atom is -0.478 e. The molecule has 1 aromatic rings. The van der Waals surface area contributed by atoms with Gasteiger partial charge in [-0.25, -0.2) is 18.4 Å². The van der Waals surface area contributed by atoms with Gasteiger partial charge in [-0.15, -0.1) is 0 Å². The third-order valence-corrected chi connectivity index (χ3v) is 2.40. The number of hydrogen-bond acceptors (Lipinski definition) is 6. The largest absolute Gasteiger partial charge is 0.478 e. The fourth-order valence-electron chi connectivity index (χ4n) is 1.63. The number of aromatic carboxylic acids is 2. The molecule has 0 spiro atoms. The number of hydrogen-bond donors (Lipinski definition) is 6. The Balaban J connectivity index is 4.00. The molecule has 0 atom stereocenters. The van der Waals surface area contributed by atoms with E-state index in [-0.39, 0.29) is 0 Å². The van der Waals surface area contributed by atoms with E-state index in [1.54, 1.807) is 0 Å². The van der Waals surface area contributed by atoms with Gasteiger partial charge < -0.3 is 30.6 Å². The lowest BCUT2D eigenvalue weighted by Crippen LogP contribution is -2.21. The van der Waals surface area contributed by atoms with E-state index in [2.05, 4.69) is 0 Å². The molecular weight excluding hydrogens is 286 g/mol. The predicted octanol–water partition coefficient (Wildman–Crippen LogP) is -0.672. The maximum Gasteiger partial charge on any atom is 0.339 e. The van der Waals surface area contributed by atoms with E-state index in [1.165, 1.54) is 0 Å². The average Bonchev–Trinajstić information content (AvgIpc) is 2.28. The first kappa shape index (κ1) is 15.9. The second kappa shape index (κ2) is 5.46. The number of rotatable bonds is 4. The van der Waals surface area contributed by atoms with E-state index in [4.69, 9.17) is 30.6 Å². The molecule has 0 saturated carbocycles. The molecule has 110 valence electrons. The van der Waals surface area contributed by atoms with Crippen LogP contribution in [0.25, 0.3) is 0 Å². The summed E-state index contributed by atoms with van der Waals surface area (Å²) in [6.07, 6.45) is -5.58. The van der Waals surface area contributed by atoms with Crippen LogP contribution in [0.5, 0.6) is 0 Å². The summed E-state index contributed by atoms with van der Waals surface area (Å²) in [6, 6.07) is 0. The quantitative estimate of drug-likeness (QED) is 0.399. The molecule has 0 aromatic heterocycles. The monoisotopic (exact) mass is 294 g/mol. The van der Waals surface area contributed by atoms with Crippen LogP contribution in [0.4, 0.5) is 8.78 Å². The normalized spacial score (nSPS) is 11.2. The van der Waals surface area contributed by atoms with Gasteiger partial charge in [-0.05, 0) is 0 Å². The SMILES string of the molecule is O=C(O)c1c(F)c(C(O)O)c(C(O)O)c(F)c1C(=O)O. The Hall–Kier alpha value is -2.14. The van der Waals surface area contributed by atoms with Gasteiger partial charge >= 0.3 is 11.9 Å². The Morgan fingerprint density at radius 3 is 1.15 bits per heavy atom. The van der Waals surface area contributed by atoms with Crippen molar-refractivity contribution in [2.24, 2.45) is 0 Å². The highest BCUT2D eigenvalue weighted by Gasteiger charge is 2.35. The summed E-state index contributed by atoms with van der Waals surface area (Å²) in [5, 5.41) is 52.9. The number of carboxylic acid groups (broad SMARTS) is 2. The molecule has 1 rings (SSSR count). The van der Waals surface area contributed by atoms with Gasteiger partial charge in [0.15, 0.2) is 12.6 Å². The van der Waals surface area contributed by atoms with Crippen molar-refractivity contribution in [1.29, 1.82) is 0 Å². The van der Waals surface area contributed by atoms with E-state index >= 15 is 0 Å². The third kappa shape index (κ3) is 2.44. The van der Waals surface area contributed by atoms with Gasteiger partial charge in [-0.1, -0.05) is 0 Å². The van der Waals surface area contributed by atoms with E-state index in [1.807, 2.05) is 0 Å². The van der Waals surface area contributed by atoms with Gasteiger partial charge in [0.05, 0.1) is 11.1 Å². The van der Waals surface area contributed by atoms with Gasteiger partial charge in [-0.3, -0.25) is 0 Å². The molecule has 0 bridgehead atoms. The van der Waals surface area contributed by atoms with Gasteiger partial charge in [0, 0.05) is 0 Å². The van der Waals surface area contributed by atoms with Crippen molar-refractivity contribution in [3.05, 3.63) is 33.9 Å². The number of aliphatic hydroxyl groups excluding tert-OH is 2. The third-order valence-electron chi connectivity index (χ3n) is 2.40. The van der Waals surface area contributed by atoms with E-state index in [0.29, 0.717) is 0 Å².